The van der Waals surface area contributed by atoms with E-state index in [4.69, 9.17) is 16.3 Å². The quantitative estimate of drug-likeness (QED) is 0.605. The molecule has 3 rings (SSSR count). The second kappa shape index (κ2) is 9.01. The zero-order valence-corrected chi connectivity index (χ0v) is 15.9. The van der Waals surface area contributed by atoms with Gasteiger partial charge in [-0.05, 0) is 35.9 Å². The van der Waals surface area contributed by atoms with E-state index in [-0.39, 0.29) is 11.5 Å². The largest absolute Gasteiger partial charge is 0.465 e. The summed E-state index contributed by atoms with van der Waals surface area (Å²) in [6.07, 6.45) is 3.10. The van der Waals surface area contributed by atoms with Gasteiger partial charge in [0.05, 0.1) is 29.6 Å². The van der Waals surface area contributed by atoms with Crippen LogP contribution in [0.2, 0.25) is 5.02 Å². The second-order valence-corrected chi connectivity index (χ2v) is 6.37. The molecule has 0 fully saturated rings. The number of anilines is 2. The molecule has 28 heavy (non-hydrogen) atoms. The third-order valence-corrected chi connectivity index (χ3v) is 4.24. The molecule has 0 radical (unpaired) electrons. The molecule has 2 N–H and O–H groups in total. The van der Waals surface area contributed by atoms with Crippen LogP contribution in [0.3, 0.4) is 0 Å². The minimum atomic E-state index is -0.521. The molecule has 0 aliphatic rings. The predicted molar refractivity (Wildman–Crippen MR) is 109 cm³/mol. The first-order valence-corrected chi connectivity index (χ1v) is 8.86. The van der Waals surface area contributed by atoms with Crippen molar-refractivity contribution < 1.29 is 14.3 Å². The van der Waals surface area contributed by atoms with E-state index in [2.05, 4.69) is 15.6 Å². The van der Waals surface area contributed by atoms with Crippen LogP contribution in [-0.4, -0.2) is 24.0 Å². The number of nitrogens with one attached hydrogen (secondary N) is 2. The first-order valence-electron chi connectivity index (χ1n) is 8.49. The molecule has 7 heteroatoms. The lowest BCUT2D eigenvalue weighted by Gasteiger charge is -2.11. The summed E-state index contributed by atoms with van der Waals surface area (Å²) in [6, 6.07) is 15.8. The van der Waals surface area contributed by atoms with Crippen LogP contribution in [0.25, 0.3) is 0 Å². The summed E-state index contributed by atoms with van der Waals surface area (Å²) in [5.74, 6) is -0.897. The summed E-state index contributed by atoms with van der Waals surface area (Å²) in [4.78, 5) is 28.6. The molecule has 0 unspecified atom stereocenters. The minimum absolute atomic E-state index is 0.281. The number of ether oxygens (including phenoxy) is 1. The predicted octanol–water partition coefficient (Wildman–Crippen LogP) is 4.39. The van der Waals surface area contributed by atoms with Crippen LogP contribution in [0.5, 0.6) is 0 Å². The summed E-state index contributed by atoms with van der Waals surface area (Å²) in [5, 5.41) is 6.62. The Morgan fingerprint density at radius 1 is 1.07 bits per heavy atom. The Labute approximate surface area is 167 Å². The Balaban J connectivity index is 1.70. The molecule has 1 heterocycles. The number of aromatic nitrogens is 1. The van der Waals surface area contributed by atoms with Gasteiger partial charge in [-0.3, -0.25) is 9.78 Å². The zero-order chi connectivity index (χ0) is 19.9. The van der Waals surface area contributed by atoms with E-state index in [9.17, 15) is 9.59 Å². The number of esters is 1. The fraction of sp³-hybridized carbons (Fsp3) is 0.0952. The molecule has 0 atom stereocenters. The van der Waals surface area contributed by atoms with E-state index in [1.165, 1.54) is 13.3 Å². The van der Waals surface area contributed by atoms with Crippen LogP contribution in [0.4, 0.5) is 11.4 Å². The number of nitrogens with zero attached hydrogens (tertiary/aromatic N) is 1. The highest BCUT2D eigenvalue weighted by molar-refractivity contribution is 6.30. The van der Waals surface area contributed by atoms with Gasteiger partial charge in [-0.15, -0.1) is 0 Å². The van der Waals surface area contributed by atoms with Gasteiger partial charge in [0.1, 0.15) is 0 Å². The molecule has 1 amide bonds. The first-order chi connectivity index (χ1) is 13.6. The maximum absolute atomic E-state index is 12.6. The van der Waals surface area contributed by atoms with Crippen LogP contribution < -0.4 is 10.6 Å². The molecular weight excluding hydrogens is 378 g/mol. The number of carbonyl (C=O) groups is 2. The number of hydrogen-bond acceptors (Lipinski definition) is 5. The number of carbonyl (C=O) groups excluding carboxylic acids is 2. The fourth-order valence-corrected chi connectivity index (χ4v) is 2.67. The summed E-state index contributed by atoms with van der Waals surface area (Å²) >= 11 is 5.89. The molecule has 0 aliphatic heterocycles. The van der Waals surface area contributed by atoms with Crippen molar-refractivity contribution in [1.29, 1.82) is 0 Å². The molecule has 0 aliphatic carbocycles. The fourth-order valence-electron chi connectivity index (χ4n) is 2.54. The second-order valence-electron chi connectivity index (χ2n) is 5.93. The summed E-state index contributed by atoms with van der Waals surface area (Å²) in [6.45, 7) is 0.565. The lowest BCUT2D eigenvalue weighted by Crippen LogP contribution is -2.16. The average Bonchev–Trinajstić information content (AvgIpc) is 2.73. The molecule has 0 spiro atoms. The molecule has 1 aromatic heterocycles. The third kappa shape index (κ3) is 4.86. The van der Waals surface area contributed by atoms with Crippen molar-refractivity contribution in [3.05, 3.63) is 88.7 Å². The number of hydrogen-bond donors (Lipinski definition) is 2. The third-order valence-electron chi connectivity index (χ3n) is 3.99. The molecule has 3 aromatic rings. The summed E-state index contributed by atoms with van der Waals surface area (Å²) in [5.41, 5.74) is 2.76. The van der Waals surface area contributed by atoms with Crippen LogP contribution in [0, 0.1) is 0 Å². The van der Waals surface area contributed by atoms with Gasteiger partial charge >= 0.3 is 5.97 Å². The van der Waals surface area contributed by atoms with Crippen LogP contribution in [0.15, 0.2) is 67.0 Å². The Bertz CT molecular complexity index is 990. The molecular formula is C21H18ClN3O3. The van der Waals surface area contributed by atoms with Crippen molar-refractivity contribution in [2.45, 2.75) is 6.54 Å². The molecule has 0 bridgehead atoms. The standard InChI is InChI=1S/C21H18ClN3O3/c1-28-21(27)18-4-2-3-5-19(18)25-20(26)15-10-17(13-23-12-15)24-11-14-6-8-16(22)9-7-14/h2-10,12-13,24H,11H2,1H3,(H,25,26). The van der Waals surface area contributed by atoms with E-state index >= 15 is 0 Å². The van der Waals surface area contributed by atoms with Crippen molar-refractivity contribution in [3.63, 3.8) is 0 Å². The minimum Gasteiger partial charge on any atom is -0.465 e. The number of amides is 1. The van der Waals surface area contributed by atoms with Gasteiger partial charge < -0.3 is 15.4 Å². The van der Waals surface area contributed by atoms with Crippen molar-refractivity contribution in [1.82, 2.24) is 4.98 Å². The topological polar surface area (TPSA) is 80.3 Å². The molecule has 2 aromatic carbocycles. The highest BCUT2D eigenvalue weighted by atomic mass is 35.5. The number of benzene rings is 2. The van der Waals surface area contributed by atoms with E-state index in [0.29, 0.717) is 28.5 Å². The Hall–Kier alpha value is -3.38. The maximum Gasteiger partial charge on any atom is 0.339 e. The van der Waals surface area contributed by atoms with E-state index < -0.39 is 5.97 Å². The zero-order valence-electron chi connectivity index (χ0n) is 15.1. The number of methoxy groups -OCH3 is 1. The van der Waals surface area contributed by atoms with E-state index in [1.807, 2.05) is 24.3 Å². The lowest BCUT2D eigenvalue weighted by atomic mass is 10.1. The van der Waals surface area contributed by atoms with Gasteiger partial charge in [-0.1, -0.05) is 35.9 Å². The van der Waals surface area contributed by atoms with Crippen molar-refractivity contribution in [3.8, 4) is 0 Å². The van der Waals surface area contributed by atoms with E-state index in [1.54, 1.807) is 36.5 Å². The number of para-hydroxylation sites is 1. The molecule has 142 valence electrons. The van der Waals surface area contributed by atoms with Crippen molar-refractivity contribution >= 4 is 34.9 Å². The molecule has 0 saturated heterocycles. The lowest BCUT2D eigenvalue weighted by molar-refractivity contribution is 0.0602. The molecule has 0 saturated carbocycles. The van der Waals surface area contributed by atoms with Crippen molar-refractivity contribution in [2.24, 2.45) is 0 Å². The number of pyridine rings is 1. The van der Waals surface area contributed by atoms with Crippen molar-refractivity contribution in [2.75, 3.05) is 17.7 Å². The highest BCUT2D eigenvalue weighted by Crippen LogP contribution is 2.18. The van der Waals surface area contributed by atoms with Gasteiger partial charge in [0.25, 0.3) is 5.91 Å². The Morgan fingerprint density at radius 2 is 1.82 bits per heavy atom. The first kappa shape index (κ1) is 19.4. The van der Waals surface area contributed by atoms with Gasteiger partial charge in [-0.2, -0.15) is 0 Å². The summed E-state index contributed by atoms with van der Waals surface area (Å²) < 4.78 is 4.74. The molecule has 6 nitrogen and oxygen atoms in total. The van der Waals surface area contributed by atoms with Crippen LogP contribution >= 0.6 is 11.6 Å². The number of rotatable bonds is 6. The van der Waals surface area contributed by atoms with Gasteiger partial charge in [-0.25, -0.2) is 4.79 Å². The average molecular weight is 396 g/mol. The van der Waals surface area contributed by atoms with Gasteiger partial charge in [0, 0.05) is 24.0 Å². The maximum atomic E-state index is 12.6. The SMILES string of the molecule is COC(=O)c1ccccc1NC(=O)c1cncc(NCc2ccc(Cl)cc2)c1. The number of halogens is 1. The van der Waals surface area contributed by atoms with E-state index in [0.717, 1.165) is 5.56 Å². The monoisotopic (exact) mass is 395 g/mol. The van der Waals surface area contributed by atoms with Gasteiger partial charge in [0.15, 0.2) is 0 Å². The summed E-state index contributed by atoms with van der Waals surface area (Å²) in [7, 11) is 1.29. The van der Waals surface area contributed by atoms with Crippen LogP contribution in [-0.2, 0) is 11.3 Å². The Morgan fingerprint density at radius 3 is 2.57 bits per heavy atom. The Kier molecular flexibility index (Phi) is 6.24. The van der Waals surface area contributed by atoms with Crippen LogP contribution in [0.1, 0.15) is 26.3 Å². The smallest absolute Gasteiger partial charge is 0.339 e. The van der Waals surface area contributed by atoms with Gasteiger partial charge in [0.2, 0.25) is 0 Å². The highest BCUT2D eigenvalue weighted by Gasteiger charge is 2.14. The normalized spacial score (nSPS) is 10.2.